The van der Waals surface area contributed by atoms with Crippen LogP contribution in [0.4, 0.5) is 0 Å². The van der Waals surface area contributed by atoms with Gasteiger partial charge in [-0.15, -0.1) is 0 Å². The van der Waals surface area contributed by atoms with Crippen LogP contribution in [0.15, 0.2) is 47.8 Å². The molecule has 0 fully saturated rings. The molecule has 3 rings (SSSR count). The first-order valence-electron chi connectivity index (χ1n) is 8.15. The number of carbonyl (C=O) groups excluding carboxylic acids is 1. The predicted octanol–water partition coefficient (Wildman–Crippen LogP) is 1.13. The molecule has 3 aromatic rings. The highest BCUT2D eigenvalue weighted by atomic mass is 16.5. The molecule has 0 aliphatic carbocycles. The zero-order valence-electron chi connectivity index (χ0n) is 15.1. The molecule has 0 saturated heterocycles. The van der Waals surface area contributed by atoms with Crippen molar-refractivity contribution in [3.63, 3.8) is 0 Å². The molecule has 9 nitrogen and oxygen atoms in total. The fourth-order valence-electron chi connectivity index (χ4n) is 2.57. The van der Waals surface area contributed by atoms with Gasteiger partial charge in [-0.2, -0.15) is 0 Å². The lowest BCUT2D eigenvalue weighted by Gasteiger charge is -2.17. The van der Waals surface area contributed by atoms with Crippen molar-refractivity contribution in [2.75, 3.05) is 7.11 Å². The van der Waals surface area contributed by atoms with Gasteiger partial charge in [0.15, 0.2) is 5.69 Å². The molecule has 27 heavy (non-hydrogen) atoms. The lowest BCUT2D eigenvalue weighted by molar-refractivity contribution is 0.0929. The van der Waals surface area contributed by atoms with Gasteiger partial charge in [0, 0.05) is 25.5 Å². The SMILES string of the molecule is COc1cccnc1C(=O)N[C@@H](C)c1nc(-c2ccncn2)cc(=O)n1C. The Hall–Kier alpha value is -3.62. The van der Waals surface area contributed by atoms with Crippen LogP contribution in [0.2, 0.25) is 0 Å². The minimum absolute atomic E-state index is 0.156. The van der Waals surface area contributed by atoms with E-state index in [1.54, 1.807) is 38.4 Å². The summed E-state index contributed by atoms with van der Waals surface area (Å²) in [4.78, 5) is 41.4. The van der Waals surface area contributed by atoms with Gasteiger partial charge in [0.05, 0.1) is 24.5 Å². The van der Waals surface area contributed by atoms with Crippen LogP contribution in [-0.4, -0.2) is 37.5 Å². The zero-order chi connectivity index (χ0) is 19.4. The molecule has 0 radical (unpaired) electrons. The standard InChI is InChI=1S/C18H18N6O3/c1-11(22-18(26)16-14(27-3)5-4-7-20-16)17-23-13(9-15(25)24(17)2)12-6-8-19-10-21-12/h4-11H,1-3H3,(H,22,26)/t11-/m0/s1. The summed E-state index contributed by atoms with van der Waals surface area (Å²) in [6, 6.07) is 5.82. The Morgan fingerprint density at radius 3 is 2.74 bits per heavy atom. The second-order valence-electron chi connectivity index (χ2n) is 5.74. The average molecular weight is 366 g/mol. The van der Waals surface area contributed by atoms with E-state index in [9.17, 15) is 9.59 Å². The number of methoxy groups -OCH3 is 1. The molecule has 0 bridgehead atoms. The van der Waals surface area contributed by atoms with Crippen molar-refractivity contribution in [3.05, 3.63) is 64.9 Å². The molecule has 0 aliphatic heterocycles. The predicted molar refractivity (Wildman–Crippen MR) is 97.2 cm³/mol. The fraction of sp³-hybridized carbons (Fsp3) is 0.222. The van der Waals surface area contributed by atoms with E-state index in [2.05, 4.69) is 25.3 Å². The lowest BCUT2D eigenvalue weighted by atomic mass is 10.2. The van der Waals surface area contributed by atoms with Gasteiger partial charge in [-0.1, -0.05) is 0 Å². The van der Waals surface area contributed by atoms with Gasteiger partial charge in [-0.3, -0.25) is 14.2 Å². The monoisotopic (exact) mass is 366 g/mol. The first-order chi connectivity index (χ1) is 13.0. The van der Waals surface area contributed by atoms with Crippen molar-refractivity contribution in [1.82, 2.24) is 29.8 Å². The molecule has 9 heteroatoms. The highest BCUT2D eigenvalue weighted by Crippen LogP contribution is 2.18. The van der Waals surface area contributed by atoms with E-state index in [1.165, 1.54) is 30.3 Å². The maximum atomic E-state index is 12.6. The normalized spacial score (nSPS) is 11.7. The molecule has 3 heterocycles. The summed E-state index contributed by atoms with van der Waals surface area (Å²) in [5.74, 6) is 0.319. The van der Waals surface area contributed by atoms with Gasteiger partial charge in [0.2, 0.25) is 0 Å². The van der Waals surface area contributed by atoms with Gasteiger partial charge in [-0.25, -0.2) is 19.9 Å². The van der Waals surface area contributed by atoms with E-state index in [4.69, 9.17) is 4.74 Å². The third-order valence-electron chi connectivity index (χ3n) is 3.95. The summed E-state index contributed by atoms with van der Waals surface area (Å²) in [6.45, 7) is 1.73. The summed E-state index contributed by atoms with van der Waals surface area (Å²) in [6.07, 6.45) is 4.46. The molecular formula is C18H18N6O3. The second kappa shape index (κ2) is 7.73. The van der Waals surface area contributed by atoms with Crippen LogP contribution >= 0.6 is 0 Å². The van der Waals surface area contributed by atoms with Gasteiger partial charge < -0.3 is 10.1 Å². The quantitative estimate of drug-likeness (QED) is 0.720. The number of hydrogen-bond donors (Lipinski definition) is 1. The number of aromatic nitrogens is 5. The van der Waals surface area contributed by atoms with E-state index >= 15 is 0 Å². The van der Waals surface area contributed by atoms with Crippen molar-refractivity contribution in [3.8, 4) is 17.1 Å². The molecule has 138 valence electrons. The van der Waals surface area contributed by atoms with Crippen LogP contribution < -0.4 is 15.6 Å². The second-order valence-corrected chi connectivity index (χ2v) is 5.74. The van der Waals surface area contributed by atoms with Crippen LogP contribution in [0.1, 0.15) is 29.3 Å². The Morgan fingerprint density at radius 2 is 2.04 bits per heavy atom. The summed E-state index contributed by atoms with van der Waals surface area (Å²) < 4.78 is 6.55. The fourth-order valence-corrected chi connectivity index (χ4v) is 2.57. The maximum absolute atomic E-state index is 12.6. The van der Waals surface area contributed by atoms with Crippen LogP contribution in [0.3, 0.4) is 0 Å². The van der Waals surface area contributed by atoms with E-state index in [-0.39, 0.29) is 11.3 Å². The number of pyridine rings is 1. The molecule has 1 amide bonds. The first-order valence-corrected chi connectivity index (χ1v) is 8.15. The zero-order valence-corrected chi connectivity index (χ0v) is 15.1. The number of amides is 1. The van der Waals surface area contributed by atoms with Gasteiger partial charge in [0.1, 0.15) is 17.9 Å². The highest BCUT2D eigenvalue weighted by Gasteiger charge is 2.20. The molecule has 0 aromatic carbocycles. The Labute approximate surface area is 155 Å². The Bertz CT molecular complexity index is 1020. The number of hydrogen-bond acceptors (Lipinski definition) is 7. The third-order valence-corrected chi connectivity index (χ3v) is 3.95. The molecule has 1 atom stereocenters. The third kappa shape index (κ3) is 3.81. The van der Waals surface area contributed by atoms with Crippen LogP contribution in [0.5, 0.6) is 5.75 Å². The summed E-state index contributed by atoms with van der Waals surface area (Å²) in [5, 5.41) is 2.80. The average Bonchev–Trinajstić information content (AvgIpc) is 2.70. The molecule has 1 N–H and O–H groups in total. The smallest absolute Gasteiger partial charge is 0.274 e. The van der Waals surface area contributed by atoms with Crippen molar-refractivity contribution in [2.24, 2.45) is 7.05 Å². The van der Waals surface area contributed by atoms with Crippen LogP contribution in [0, 0.1) is 0 Å². The van der Waals surface area contributed by atoms with Crippen LogP contribution in [0.25, 0.3) is 11.4 Å². The molecule has 0 spiro atoms. The molecular weight excluding hydrogens is 348 g/mol. The summed E-state index contributed by atoms with van der Waals surface area (Å²) in [5.41, 5.74) is 0.829. The number of ether oxygens (including phenoxy) is 1. The Balaban J connectivity index is 1.92. The number of nitrogens with one attached hydrogen (secondary N) is 1. The summed E-state index contributed by atoms with van der Waals surface area (Å²) >= 11 is 0. The number of rotatable bonds is 5. The number of carbonyl (C=O) groups is 1. The van der Waals surface area contributed by atoms with E-state index in [0.717, 1.165) is 0 Å². The van der Waals surface area contributed by atoms with Crippen molar-refractivity contribution < 1.29 is 9.53 Å². The van der Waals surface area contributed by atoms with E-state index in [1.807, 2.05) is 0 Å². The Morgan fingerprint density at radius 1 is 1.22 bits per heavy atom. The van der Waals surface area contributed by atoms with Crippen molar-refractivity contribution in [2.45, 2.75) is 13.0 Å². The minimum Gasteiger partial charge on any atom is -0.494 e. The lowest BCUT2D eigenvalue weighted by Crippen LogP contribution is -2.33. The van der Waals surface area contributed by atoms with Crippen molar-refractivity contribution >= 4 is 5.91 Å². The molecule has 0 aliphatic rings. The van der Waals surface area contributed by atoms with Gasteiger partial charge >= 0.3 is 0 Å². The largest absolute Gasteiger partial charge is 0.494 e. The van der Waals surface area contributed by atoms with E-state index < -0.39 is 11.9 Å². The highest BCUT2D eigenvalue weighted by molar-refractivity contribution is 5.95. The molecule has 3 aromatic heterocycles. The topological polar surface area (TPSA) is 112 Å². The van der Waals surface area contributed by atoms with Crippen LogP contribution in [-0.2, 0) is 7.05 Å². The van der Waals surface area contributed by atoms with E-state index in [0.29, 0.717) is 23.0 Å². The minimum atomic E-state index is -0.552. The number of nitrogens with zero attached hydrogens (tertiary/aromatic N) is 5. The Kier molecular flexibility index (Phi) is 5.20. The molecule has 0 unspecified atom stereocenters. The van der Waals surface area contributed by atoms with Gasteiger partial charge in [-0.05, 0) is 25.1 Å². The first kappa shape index (κ1) is 18.2. The summed E-state index contributed by atoms with van der Waals surface area (Å²) in [7, 11) is 3.06. The molecule has 0 saturated carbocycles. The maximum Gasteiger partial charge on any atom is 0.274 e. The van der Waals surface area contributed by atoms with Crippen molar-refractivity contribution in [1.29, 1.82) is 0 Å². The van der Waals surface area contributed by atoms with Gasteiger partial charge in [0.25, 0.3) is 11.5 Å².